The van der Waals surface area contributed by atoms with Crippen LogP contribution in [-0.4, -0.2) is 16.0 Å². The lowest BCUT2D eigenvalue weighted by atomic mass is 9.91. The average molecular weight is 190 g/mol. The summed E-state index contributed by atoms with van der Waals surface area (Å²) in [5.41, 5.74) is 1.52. The maximum Gasteiger partial charge on any atom is 0.189 e. The maximum atomic E-state index is 11.4. The molecule has 0 heterocycles. The minimum absolute atomic E-state index is 0.0617. The standard InChI is InChI=1S/C11H10O3/c1-6-4-7-8(12)2-3-9(13)11(7)10(14)5-6/h2-5,8,12,14H,1H3/t8-/m1/s1. The van der Waals surface area contributed by atoms with Gasteiger partial charge in [0, 0.05) is 0 Å². The van der Waals surface area contributed by atoms with E-state index in [9.17, 15) is 15.0 Å². The molecular weight excluding hydrogens is 180 g/mol. The van der Waals surface area contributed by atoms with Gasteiger partial charge in [-0.2, -0.15) is 0 Å². The Morgan fingerprint density at radius 1 is 1.36 bits per heavy atom. The molecule has 0 spiro atoms. The number of carbonyl (C=O) groups is 1. The van der Waals surface area contributed by atoms with E-state index in [1.54, 1.807) is 13.0 Å². The molecule has 3 nitrogen and oxygen atoms in total. The van der Waals surface area contributed by atoms with Crippen molar-refractivity contribution in [1.29, 1.82) is 0 Å². The second-order valence-electron chi connectivity index (χ2n) is 3.42. The number of aryl methyl sites for hydroxylation is 1. The molecule has 0 bridgehead atoms. The monoisotopic (exact) mass is 190 g/mol. The molecule has 0 unspecified atom stereocenters. The number of carbonyl (C=O) groups excluding carboxylic acids is 1. The second-order valence-corrected chi connectivity index (χ2v) is 3.42. The Hall–Kier alpha value is -1.61. The highest BCUT2D eigenvalue weighted by Gasteiger charge is 2.22. The van der Waals surface area contributed by atoms with Crippen LogP contribution in [0.15, 0.2) is 24.3 Å². The number of hydrogen-bond donors (Lipinski definition) is 2. The molecule has 1 aromatic carbocycles. The first-order valence-corrected chi connectivity index (χ1v) is 4.33. The van der Waals surface area contributed by atoms with Crippen LogP contribution in [0.1, 0.15) is 27.6 Å². The first-order chi connectivity index (χ1) is 6.59. The van der Waals surface area contributed by atoms with Crippen molar-refractivity contribution in [3.63, 3.8) is 0 Å². The fraction of sp³-hybridized carbons (Fsp3) is 0.182. The molecule has 0 radical (unpaired) electrons. The summed E-state index contributed by atoms with van der Waals surface area (Å²) in [5, 5.41) is 19.1. The smallest absolute Gasteiger partial charge is 0.189 e. The number of allylic oxidation sites excluding steroid dienone is 1. The Balaban J connectivity index is 2.71. The number of aliphatic hydroxyl groups is 1. The van der Waals surface area contributed by atoms with Crippen molar-refractivity contribution >= 4 is 5.78 Å². The van der Waals surface area contributed by atoms with E-state index >= 15 is 0 Å². The van der Waals surface area contributed by atoms with Crippen molar-refractivity contribution < 1.29 is 15.0 Å². The van der Waals surface area contributed by atoms with E-state index in [0.717, 1.165) is 5.56 Å². The van der Waals surface area contributed by atoms with Gasteiger partial charge in [-0.15, -0.1) is 0 Å². The molecule has 2 rings (SSSR count). The Bertz CT molecular complexity index is 432. The van der Waals surface area contributed by atoms with Gasteiger partial charge in [-0.3, -0.25) is 4.79 Å². The number of ketones is 1. The van der Waals surface area contributed by atoms with Crippen LogP contribution in [0.5, 0.6) is 5.75 Å². The largest absolute Gasteiger partial charge is 0.507 e. The van der Waals surface area contributed by atoms with Gasteiger partial charge in [-0.25, -0.2) is 0 Å². The Labute approximate surface area is 81.3 Å². The minimum Gasteiger partial charge on any atom is -0.507 e. The zero-order valence-corrected chi connectivity index (χ0v) is 7.69. The molecule has 1 aliphatic carbocycles. The van der Waals surface area contributed by atoms with E-state index < -0.39 is 6.10 Å². The van der Waals surface area contributed by atoms with E-state index in [0.29, 0.717) is 5.56 Å². The Kier molecular flexibility index (Phi) is 1.89. The van der Waals surface area contributed by atoms with Crippen LogP contribution in [0.25, 0.3) is 0 Å². The predicted molar refractivity (Wildman–Crippen MR) is 51.3 cm³/mol. The predicted octanol–water partition coefficient (Wildman–Crippen LogP) is 1.49. The summed E-state index contributed by atoms with van der Waals surface area (Å²) in [5.74, 6) is -0.323. The third-order valence-electron chi connectivity index (χ3n) is 2.29. The molecule has 0 saturated heterocycles. The summed E-state index contributed by atoms with van der Waals surface area (Å²) in [6.07, 6.45) is 1.90. The quantitative estimate of drug-likeness (QED) is 0.651. The number of aliphatic hydroxyl groups excluding tert-OH is 1. The molecule has 14 heavy (non-hydrogen) atoms. The van der Waals surface area contributed by atoms with Gasteiger partial charge in [0.2, 0.25) is 0 Å². The Morgan fingerprint density at radius 3 is 2.79 bits per heavy atom. The van der Waals surface area contributed by atoms with Crippen LogP contribution in [0.4, 0.5) is 0 Å². The molecule has 1 aromatic rings. The summed E-state index contributed by atoms with van der Waals surface area (Å²) >= 11 is 0. The lowest BCUT2D eigenvalue weighted by Gasteiger charge is -2.17. The molecule has 72 valence electrons. The molecule has 0 saturated carbocycles. The van der Waals surface area contributed by atoms with Gasteiger partial charge >= 0.3 is 0 Å². The van der Waals surface area contributed by atoms with Gasteiger partial charge in [0.05, 0.1) is 11.7 Å². The van der Waals surface area contributed by atoms with E-state index in [1.807, 2.05) is 0 Å². The fourth-order valence-electron chi connectivity index (χ4n) is 1.66. The minimum atomic E-state index is -0.798. The van der Waals surface area contributed by atoms with Crippen LogP contribution in [0, 0.1) is 6.92 Å². The third kappa shape index (κ3) is 1.22. The summed E-state index contributed by atoms with van der Waals surface area (Å²) in [6.45, 7) is 1.80. The Morgan fingerprint density at radius 2 is 2.07 bits per heavy atom. The van der Waals surface area contributed by atoms with E-state index in [-0.39, 0.29) is 17.1 Å². The van der Waals surface area contributed by atoms with Crippen LogP contribution in [-0.2, 0) is 0 Å². The van der Waals surface area contributed by atoms with Gasteiger partial charge in [-0.1, -0.05) is 6.07 Å². The van der Waals surface area contributed by atoms with Gasteiger partial charge < -0.3 is 10.2 Å². The van der Waals surface area contributed by atoms with Crippen LogP contribution < -0.4 is 0 Å². The van der Waals surface area contributed by atoms with Gasteiger partial charge in [0.25, 0.3) is 0 Å². The number of hydrogen-bond acceptors (Lipinski definition) is 3. The highest BCUT2D eigenvalue weighted by molar-refractivity contribution is 6.09. The highest BCUT2D eigenvalue weighted by Crippen LogP contribution is 2.32. The van der Waals surface area contributed by atoms with Gasteiger partial charge in [0.15, 0.2) is 5.78 Å². The molecule has 1 aliphatic rings. The highest BCUT2D eigenvalue weighted by atomic mass is 16.3. The number of rotatable bonds is 0. The fourth-order valence-corrected chi connectivity index (χ4v) is 1.66. The lowest BCUT2D eigenvalue weighted by Crippen LogP contribution is -2.10. The summed E-state index contributed by atoms with van der Waals surface area (Å²) < 4.78 is 0. The van der Waals surface area contributed by atoms with Crippen molar-refractivity contribution in [2.75, 3.05) is 0 Å². The van der Waals surface area contributed by atoms with Gasteiger partial charge in [-0.05, 0) is 36.3 Å². The molecule has 2 N–H and O–H groups in total. The first-order valence-electron chi connectivity index (χ1n) is 4.33. The zero-order chi connectivity index (χ0) is 10.3. The summed E-state index contributed by atoms with van der Waals surface area (Å²) in [7, 11) is 0. The number of fused-ring (bicyclic) bond motifs is 1. The third-order valence-corrected chi connectivity index (χ3v) is 2.29. The van der Waals surface area contributed by atoms with E-state index in [4.69, 9.17) is 0 Å². The number of aromatic hydroxyl groups is 1. The molecule has 0 amide bonds. The molecule has 0 aromatic heterocycles. The maximum absolute atomic E-state index is 11.4. The number of phenolic OH excluding ortho intramolecular Hbond substituents is 1. The van der Waals surface area contributed by atoms with E-state index in [2.05, 4.69) is 0 Å². The first kappa shape index (κ1) is 8.97. The van der Waals surface area contributed by atoms with E-state index in [1.165, 1.54) is 18.2 Å². The van der Waals surface area contributed by atoms with Crippen molar-refractivity contribution in [1.82, 2.24) is 0 Å². The topological polar surface area (TPSA) is 57.5 Å². The van der Waals surface area contributed by atoms with Crippen molar-refractivity contribution in [2.24, 2.45) is 0 Å². The molecule has 1 atom stereocenters. The normalized spacial score (nSPS) is 19.6. The second kappa shape index (κ2) is 2.96. The summed E-state index contributed by atoms with van der Waals surface area (Å²) in [6, 6.07) is 3.23. The van der Waals surface area contributed by atoms with Crippen molar-refractivity contribution in [3.05, 3.63) is 41.0 Å². The van der Waals surface area contributed by atoms with Crippen molar-refractivity contribution in [3.8, 4) is 5.75 Å². The van der Waals surface area contributed by atoms with Gasteiger partial charge in [0.1, 0.15) is 5.75 Å². The number of benzene rings is 1. The van der Waals surface area contributed by atoms with Crippen molar-refractivity contribution in [2.45, 2.75) is 13.0 Å². The SMILES string of the molecule is Cc1cc(O)c2c(c1)[C@H](O)C=CC2=O. The molecular formula is C11H10O3. The average Bonchev–Trinajstić information content (AvgIpc) is 2.10. The number of phenols is 1. The van der Waals surface area contributed by atoms with Crippen LogP contribution in [0.3, 0.4) is 0 Å². The zero-order valence-electron chi connectivity index (χ0n) is 7.69. The van der Waals surface area contributed by atoms with Crippen LogP contribution in [0.2, 0.25) is 0 Å². The molecule has 3 heteroatoms. The molecule has 0 aliphatic heterocycles. The lowest BCUT2D eigenvalue weighted by molar-refractivity contribution is 0.103. The molecule has 0 fully saturated rings. The van der Waals surface area contributed by atoms with Crippen LogP contribution >= 0.6 is 0 Å². The summed E-state index contributed by atoms with van der Waals surface area (Å²) in [4.78, 5) is 11.4.